The third-order valence-electron chi connectivity index (χ3n) is 2.09. The maximum absolute atomic E-state index is 5.68. The van der Waals surface area contributed by atoms with Gasteiger partial charge in [-0.2, -0.15) is 0 Å². The van der Waals surface area contributed by atoms with Gasteiger partial charge in [0.1, 0.15) is 5.60 Å². The molecule has 1 atom stereocenters. The van der Waals surface area contributed by atoms with Crippen LogP contribution in [0, 0.1) is 0 Å². The fraction of sp³-hybridized carbons (Fsp3) is 1.00. The number of methoxy groups -OCH3 is 1. The zero-order valence-electron chi connectivity index (χ0n) is 6.94. The van der Waals surface area contributed by atoms with E-state index in [9.17, 15) is 0 Å². The van der Waals surface area contributed by atoms with E-state index < -0.39 is 0 Å². The predicted octanol–water partition coefficient (Wildman–Crippen LogP) is 1.97. The maximum Gasteiger partial charge on any atom is 0.101 e. The summed E-state index contributed by atoms with van der Waals surface area (Å²) in [5.74, 6) is 0. The van der Waals surface area contributed by atoms with Crippen LogP contribution in [0.25, 0.3) is 0 Å². The van der Waals surface area contributed by atoms with Crippen molar-refractivity contribution < 1.29 is 9.47 Å². The lowest BCUT2D eigenvalue weighted by Gasteiger charge is -2.35. The summed E-state index contributed by atoms with van der Waals surface area (Å²) in [5, 5.41) is 0.883. The molecule has 3 heteroatoms. The van der Waals surface area contributed by atoms with Gasteiger partial charge in [0.05, 0.1) is 6.61 Å². The second kappa shape index (κ2) is 4.43. The molecular weight excluding hydrogens is 208 g/mol. The van der Waals surface area contributed by atoms with E-state index in [0.717, 1.165) is 18.4 Å². The van der Waals surface area contributed by atoms with Gasteiger partial charge in [-0.15, -0.1) is 0 Å². The summed E-state index contributed by atoms with van der Waals surface area (Å²) in [6.45, 7) is 1.59. The molecule has 0 saturated carbocycles. The standard InChI is InChI=1S/C8H15BrO2/c1-10-7-8(6-9)4-2-3-5-11-8/h2-7H2,1H3. The van der Waals surface area contributed by atoms with Crippen LogP contribution in [0.4, 0.5) is 0 Å². The highest BCUT2D eigenvalue weighted by molar-refractivity contribution is 9.09. The van der Waals surface area contributed by atoms with Gasteiger partial charge in [-0.05, 0) is 19.3 Å². The molecule has 1 saturated heterocycles. The van der Waals surface area contributed by atoms with Crippen LogP contribution in [-0.2, 0) is 9.47 Å². The van der Waals surface area contributed by atoms with Crippen LogP contribution in [-0.4, -0.2) is 31.3 Å². The second-order valence-electron chi connectivity index (χ2n) is 3.06. The topological polar surface area (TPSA) is 18.5 Å². The number of hydrogen-bond acceptors (Lipinski definition) is 2. The summed E-state index contributed by atoms with van der Waals surface area (Å²) in [5.41, 5.74) is -0.0347. The molecule has 2 nitrogen and oxygen atoms in total. The first-order chi connectivity index (χ1) is 5.33. The van der Waals surface area contributed by atoms with Crippen molar-refractivity contribution in [2.24, 2.45) is 0 Å². The van der Waals surface area contributed by atoms with E-state index in [2.05, 4.69) is 15.9 Å². The van der Waals surface area contributed by atoms with Gasteiger partial charge >= 0.3 is 0 Å². The van der Waals surface area contributed by atoms with Gasteiger partial charge < -0.3 is 9.47 Å². The lowest BCUT2D eigenvalue weighted by atomic mass is 9.97. The molecule has 1 aliphatic rings. The summed E-state index contributed by atoms with van der Waals surface area (Å²) in [7, 11) is 1.72. The van der Waals surface area contributed by atoms with Crippen LogP contribution in [0.2, 0.25) is 0 Å². The van der Waals surface area contributed by atoms with Crippen molar-refractivity contribution in [2.75, 3.05) is 25.7 Å². The third kappa shape index (κ3) is 2.42. The molecule has 66 valence electrons. The average molecular weight is 223 g/mol. The number of hydrogen-bond donors (Lipinski definition) is 0. The molecule has 1 fully saturated rings. The normalized spacial score (nSPS) is 32.2. The van der Waals surface area contributed by atoms with Gasteiger partial charge in [-0.1, -0.05) is 15.9 Å². The Kier molecular flexibility index (Phi) is 3.82. The third-order valence-corrected chi connectivity index (χ3v) is 3.11. The molecular formula is C8H15BrO2. The van der Waals surface area contributed by atoms with Gasteiger partial charge in [0, 0.05) is 19.0 Å². The Morgan fingerprint density at radius 3 is 2.82 bits per heavy atom. The smallest absolute Gasteiger partial charge is 0.101 e. The minimum absolute atomic E-state index is 0.0347. The van der Waals surface area contributed by atoms with E-state index in [1.807, 2.05) is 0 Å². The molecule has 0 N–H and O–H groups in total. The Bertz CT molecular complexity index is 105. The zero-order chi connectivity index (χ0) is 8.16. The van der Waals surface area contributed by atoms with Crippen molar-refractivity contribution in [2.45, 2.75) is 24.9 Å². The molecule has 0 aromatic carbocycles. The lowest BCUT2D eigenvalue weighted by Crippen LogP contribution is -2.42. The van der Waals surface area contributed by atoms with Gasteiger partial charge in [-0.3, -0.25) is 0 Å². The Labute approximate surface area is 76.4 Å². The second-order valence-corrected chi connectivity index (χ2v) is 3.62. The summed E-state index contributed by atoms with van der Waals surface area (Å²) in [6.07, 6.45) is 3.57. The van der Waals surface area contributed by atoms with Crippen molar-refractivity contribution in [3.8, 4) is 0 Å². The Hall–Kier alpha value is 0.400. The van der Waals surface area contributed by atoms with Gasteiger partial charge in [-0.25, -0.2) is 0 Å². The largest absolute Gasteiger partial charge is 0.382 e. The highest BCUT2D eigenvalue weighted by atomic mass is 79.9. The summed E-state index contributed by atoms with van der Waals surface area (Å²) in [6, 6.07) is 0. The molecule has 0 amide bonds. The molecule has 0 bridgehead atoms. The van der Waals surface area contributed by atoms with Gasteiger partial charge in [0.2, 0.25) is 0 Å². The minimum Gasteiger partial charge on any atom is -0.382 e. The molecule has 1 aliphatic heterocycles. The quantitative estimate of drug-likeness (QED) is 0.681. The summed E-state index contributed by atoms with van der Waals surface area (Å²) < 4.78 is 10.8. The van der Waals surface area contributed by atoms with Crippen LogP contribution < -0.4 is 0 Å². The first-order valence-corrected chi connectivity index (χ1v) is 5.14. The Balaban J connectivity index is 2.42. The first kappa shape index (κ1) is 9.49. The zero-order valence-corrected chi connectivity index (χ0v) is 8.52. The lowest BCUT2D eigenvalue weighted by molar-refractivity contribution is -0.0988. The summed E-state index contributed by atoms with van der Waals surface area (Å²) >= 11 is 3.46. The molecule has 0 radical (unpaired) electrons. The molecule has 0 aromatic heterocycles. The fourth-order valence-electron chi connectivity index (χ4n) is 1.43. The highest BCUT2D eigenvalue weighted by Gasteiger charge is 2.31. The van der Waals surface area contributed by atoms with Crippen molar-refractivity contribution in [3.05, 3.63) is 0 Å². The van der Waals surface area contributed by atoms with Crippen LogP contribution in [0.1, 0.15) is 19.3 Å². The first-order valence-electron chi connectivity index (χ1n) is 4.02. The molecule has 0 aromatic rings. The number of halogens is 1. The van der Waals surface area contributed by atoms with E-state index in [1.165, 1.54) is 12.8 Å². The maximum atomic E-state index is 5.68. The van der Waals surface area contributed by atoms with E-state index >= 15 is 0 Å². The van der Waals surface area contributed by atoms with E-state index in [0.29, 0.717) is 6.61 Å². The van der Waals surface area contributed by atoms with Crippen LogP contribution >= 0.6 is 15.9 Å². The number of ether oxygens (including phenoxy) is 2. The number of rotatable bonds is 3. The van der Waals surface area contributed by atoms with Crippen molar-refractivity contribution in [3.63, 3.8) is 0 Å². The minimum atomic E-state index is -0.0347. The SMILES string of the molecule is COCC1(CBr)CCCCO1. The average Bonchev–Trinajstić information content (AvgIpc) is 2.07. The Morgan fingerprint density at radius 2 is 2.36 bits per heavy atom. The van der Waals surface area contributed by atoms with Crippen molar-refractivity contribution in [1.82, 2.24) is 0 Å². The summed E-state index contributed by atoms with van der Waals surface area (Å²) in [4.78, 5) is 0. The van der Waals surface area contributed by atoms with E-state index in [4.69, 9.17) is 9.47 Å². The molecule has 1 rings (SSSR count). The molecule has 0 aliphatic carbocycles. The van der Waals surface area contributed by atoms with Crippen molar-refractivity contribution in [1.29, 1.82) is 0 Å². The van der Waals surface area contributed by atoms with E-state index in [-0.39, 0.29) is 5.60 Å². The molecule has 0 spiro atoms. The van der Waals surface area contributed by atoms with Gasteiger partial charge in [0.25, 0.3) is 0 Å². The van der Waals surface area contributed by atoms with Crippen molar-refractivity contribution >= 4 is 15.9 Å². The van der Waals surface area contributed by atoms with Crippen LogP contribution in [0.3, 0.4) is 0 Å². The van der Waals surface area contributed by atoms with Gasteiger partial charge in [0.15, 0.2) is 0 Å². The molecule has 11 heavy (non-hydrogen) atoms. The highest BCUT2D eigenvalue weighted by Crippen LogP contribution is 2.26. The Morgan fingerprint density at radius 1 is 1.55 bits per heavy atom. The fourth-order valence-corrected chi connectivity index (χ4v) is 2.04. The molecule has 1 unspecified atom stereocenters. The van der Waals surface area contributed by atoms with E-state index in [1.54, 1.807) is 7.11 Å². The van der Waals surface area contributed by atoms with Crippen LogP contribution in [0.5, 0.6) is 0 Å². The number of alkyl halides is 1. The monoisotopic (exact) mass is 222 g/mol. The van der Waals surface area contributed by atoms with Crippen LogP contribution in [0.15, 0.2) is 0 Å². The predicted molar refractivity (Wildman–Crippen MR) is 48.2 cm³/mol. The molecule has 1 heterocycles.